The molecule has 20 heavy (non-hydrogen) atoms. The lowest BCUT2D eigenvalue weighted by Crippen LogP contribution is -2.01. The highest BCUT2D eigenvalue weighted by molar-refractivity contribution is 6.31. The van der Waals surface area contributed by atoms with Crippen LogP contribution in [0.5, 0.6) is 5.75 Å². The zero-order chi connectivity index (χ0) is 14.5. The summed E-state index contributed by atoms with van der Waals surface area (Å²) in [5.74, 6) is 0.628. The van der Waals surface area contributed by atoms with Gasteiger partial charge in [0.25, 0.3) is 0 Å². The SMILES string of the molecule is C[C@H](O)c1ccccc1OCc1ccc(C#N)cc1Cl. The monoisotopic (exact) mass is 287 g/mol. The quantitative estimate of drug-likeness (QED) is 0.929. The molecule has 0 aliphatic rings. The minimum atomic E-state index is -0.595. The van der Waals surface area contributed by atoms with Gasteiger partial charge in [0.15, 0.2) is 0 Å². The van der Waals surface area contributed by atoms with E-state index in [1.54, 1.807) is 31.2 Å². The van der Waals surface area contributed by atoms with Gasteiger partial charge in [-0.05, 0) is 25.1 Å². The van der Waals surface area contributed by atoms with E-state index in [1.165, 1.54) is 0 Å². The fraction of sp³-hybridized carbons (Fsp3) is 0.188. The standard InChI is InChI=1S/C16H14ClNO2/c1-11(19)14-4-2-3-5-16(14)20-10-13-7-6-12(9-18)8-15(13)17/h2-8,11,19H,10H2,1H3/t11-/m0/s1. The number of ether oxygens (including phenoxy) is 1. The summed E-state index contributed by atoms with van der Waals surface area (Å²) >= 11 is 6.10. The Hall–Kier alpha value is -2.02. The summed E-state index contributed by atoms with van der Waals surface area (Å²) in [6.45, 7) is 1.98. The van der Waals surface area contributed by atoms with E-state index in [-0.39, 0.29) is 6.61 Å². The molecule has 102 valence electrons. The predicted molar refractivity (Wildman–Crippen MR) is 77.6 cm³/mol. The molecule has 0 saturated carbocycles. The molecule has 2 aromatic carbocycles. The summed E-state index contributed by atoms with van der Waals surface area (Å²) in [7, 11) is 0. The second kappa shape index (κ2) is 6.42. The van der Waals surface area contributed by atoms with Crippen LogP contribution in [0.4, 0.5) is 0 Å². The Kier molecular flexibility index (Phi) is 4.62. The predicted octanol–water partition coefficient (Wildman–Crippen LogP) is 3.84. The highest BCUT2D eigenvalue weighted by Gasteiger charge is 2.09. The minimum absolute atomic E-state index is 0.286. The number of benzene rings is 2. The topological polar surface area (TPSA) is 53.2 Å². The van der Waals surface area contributed by atoms with Crippen LogP contribution in [-0.2, 0) is 6.61 Å². The Bertz CT molecular complexity index is 647. The molecule has 0 amide bonds. The Labute approximate surface area is 123 Å². The van der Waals surface area contributed by atoms with Crippen molar-refractivity contribution in [2.45, 2.75) is 19.6 Å². The smallest absolute Gasteiger partial charge is 0.125 e. The first-order chi connectivity index (χ1) is 9.61. The van der Waals surface area contributed by atoms with Crippen molar-refractivity contribution in [3.8, 4) is 11.8 Å². The van der Waals surface area contributed by atoms with Crippen molar-refractivity contribution in [1.82, 2.24) is 0 Å². The van der Waals surface area contributed by atoms with Gasteiger partial charge in [-0.3, -0.25) is 0 Å². The highest BCUT2D eigenvalue weighted by atomic mass is 35.5. The maximum atomic E-state index is 9.68. The fourth-order valence-corrected chi connectivity index (χ4v) is 2.08. The van der Waals surface area contributed by atoms with E-state index >= 15 is 0 Å². The molecule has 2 rings (SSSR count). The van der Waals surface area contributed by atoms with Gasteiger partial charge in [-0.1, -0.05) is 35.9 Å². The van der Waals surface area contributed by atoms with Crippen molar-refractivity contribution in [2.75, 3.05) is 0 Å². The average Bonchev–Trinajstić information content (AvgIpc) is 2.46. The molecule has 0 aliphatic carbocycles. The van der Waals surface area contributed by atoms with Gasteiger partial charge in [-0.15, -0.1) is 0 Å². The summed E-state index contributed by atoms with van der Waals surface area (Å²) in [5, 5.41) is 19.0. The molecule has 0 heterocycles. The maximum Gasteiger partial charge on any atom is 0.125 e. The first-order valence-corrected chi connectivity index (χ1v) is 6.58. The first-order valence-electron chi connectivity index (χ1n) is 6.20. The molecule has 0 unspecified atom stereocenters. The number of para-hydroxylation sites is 1. The first kappa shape index (κ1) is 14.4. The Morgan fingerprint density at radius 2 is 2.05 bits per heavy atom. The van der Waals surface area contributed by atoms with E-state index in [4.69, 9.17) is 21.6 Å². The molecular weight excluding hydrogens is 274 g/mol. The van der Waals surface area contributed by atoms with E-state index in [0.717, 1.165) is 11.1 Å². The largest absolute Gasteiger partial charge is 0.488 e. The van der Waals surface area contributed by atoms with Crippen LogP contribution in [-0.4, -0.2) is 5.11 Å². The van der Waals surface area contributed by atoms with Crippen molar-refractivity contribution in [1.29, 1.82) is 5.26 Å². The van der Waals surface area contributed by atoms with Crippen LogP contribution in [0.3, 0.4) is 0 Å². The summed E-state index contributed by atoms with van der Waals surface area (Å²) < 4.78 is 5.71. The highest BCUT2D eigenvalue weighted by Crippen LogP contribution is 2.26. The lowest BCUT2D eigenvalue weighted by Gasteiger charge is -2.13. The van der Waals surface area contributed by atoms with Gasteiger partial charge in [0, 0.05) is 16.1 Å². The minimum Gasteiger partial charge on any atom is -0.488 e. The van der Waals surface area contributed by atoms with E-state index < -0.39 is 6.10 Å². The van der Waals surface area contributed by atoms with E-state index in [1.807, 2.05) is 24.3 Å². The molecule has 0 radical (unpaired) electrons. The molecule has 0 fully saturated rings. The van der Waals surface area contributed by atoms with E-state index in [2.05, 4.69) is 0 Å². The molecule has 3 nitrogen and oxygen atoms in total. The summed E-state index contributed by atoms with van der Waals surface area (Å²) in [4.78, 5) is 0. The fourth-order valence-electron chi connectivity index (χ4n) is 1.85. The molecule has 2 aromatic rings. The second-order valence-electron chi connectivity index (χ2n) is 4.42. The zero-order valence-corrected chi connectivity index (χ0v) is 11.8. The summed E-state index contributed by atoms with van der Waals surface area (Å²) in [6, 6.07) is 14.4. The molecular formula is C16H14ClNO2. The van der Waals surface area contributed by atoms with Gasteiger partial charge in [-0.2, -0.15) is 5.26 Å². The number of rotatable bonds is 4. The van der Waals surface area contributed by atoms with Crippen LogP contribution in [0.2, 0.25) is 5.02 Å². The lowest BCUT2D eigenvalue weighted by atomic mass is 10.1. The Morgan fingerprint density at radius 3 is 2.70 bits per heavy atom. The number of hydrogen-bond acceptors (Lipinski definition) is 3. The second-order valence-corrected chi connectivity index (χ2v) is 4.83. The number of nitrogens with zero attached hydrogens (tertiary/aromatic N) is 1. The molecule has 0 bridgehead atoms. The molecule has 0 saturated heterocycles. The van der Waals surface area contributed by atoms with Crippen molar-refractivity contribution >= 4 is 11.6 Å². The third-order valence-corrected chi connectivity index (χ3v) is 3.29. The molecule has 0 aromatic heterocycles. The van der Waals surface area contributed by atoms with Gasteiger partial charge in [0.1, 0.15) is 12.4 Å². The number of nitriles is 1. The van der Waals surface area contributed by atoms with Crippen molar-refractivity contribution < 1.29 is 9.84 Å². The number of halogens is 1. The van der Waals surface area contributed by atoms with Gasteiger partial charge in [0.2, 0.25) is 0 Å². The number of aliphatic hydroxyl groups is 1. The number of aliphatic hydroxyl groups excluding tert-OH is 1. The molecule has 0 spiro atoms. The van der Waals surface area contributed by atoms with Gasteiger partial charge in [-0.25, -0.2) is 0 Å². The maximum absolute atomic E-state index is 9.68. The molecule has 4 heteroatoms. The van der Waals surface area contributed by atoms with Crippen LogP contribution < -0.4 is 4.74 Å². The van der Waals surface area contributed by atoms with Crippen LogP contribution in [0.15, 0.2) is 42.5 Å². The van der Waals surface area contributed by atoms with Crippen LogP contribution >= 0.6 is 11.6 Å². The molecule has 1 atom stereocenters. The normalized spacial score (nSPS) is 11.7. The summed E-state index contributed by atoms with van der Waals surface area (Å²) in [5.41, 5.74) is 2.05. The van der Waals surface area contributed by atoms with E-state index in [9.17, 15) is 5.11 Å². The van der Waals surface area contributed by atoms with Crippen LogP contribution in [0.25, 0.3) is 0 Å². The van der Waals surface area contributed by atoms with Crippen LogP contribution in [0.1, 0.15) is 29.7 Å². The van der Waals surface area contributed by atoms with E-state index in [0.29, 0.717) is 16.3 Å². The average molecular weight is 288 g/mol. The molecule has 0 aliphatic heterocycles. The van der Waals surface area contributed by atoms with Crippen molar-refractivity contribution in [2.24, 2.45) is 0 Å². The van der Waals surface area contributed by atoms with Crippen molar-refractivity contribution in [3.05, 3.63) is 64.2 Å². The Morgan fingerprint density at radius 1 is 1.30 bits per heavy atom. The summed E-state index contributed by atoms with van der Waals surface area (Å²) in [6.07, 6.45) is -0.595. The number of hydrogen-bond donors (Lipinski definition) is 1. The third-order valence-electron chi connectivity index (χ3n) is 2.93. The molecule has 1 N–H and O–H groups in total. The Balaban J connectivity index is 2.15. The van der Waals surface area contributed by atoms with Gasteiger partial charge >= 0.3 is 0 Å². The lowest BCUT2D eigenvalue weighted by molar-refractivity contribution is 0.190. The van der Waals surface area contributed by atoms with Crippen LogP contribution in [0, 0.1) is 11.3 Å². The zero-order valence-electron chi connectivity index (χ0n) is 11.0. The van der Waals surface area contributed by atoms with Gasteiger partial charge < -0.3 is 9.84 Å². The third kappa shape index (κ3) is 3.30. The van der Waals surface area contributed by atoms with Crippen molar-refractivity contribution in [3.63, 3.8) is 0 Å². The van der Waals surface area contributed by atoms with Gasteiger partial charge in [0.05, 0.1) is 17.7 Å².